The van der Waals surface area contributed by atoms with Gasteiger partial charge in [0.1, 0.15) is 16.9 Å². The number of carboxylic acid groups (broad SMARTS) is 1. The molecule has 1 aliphatic heterocycles. The number of halogens is 4. The maximum atomic E-state index is 13.7. The quantitative estimate of drug-likeness (QED) is 0.304. The Morgan fingerprint density at radius 3 is 2.33 bits per heavy atom. The molecule has 234 valence electrons. The Hall–Kier alpha value is -3.15. The molecule has 0 unspecified atom stereocenters. The third kappa shape index (κ3) is 9.43. The molecule has 12 nitrogen and oxygen atoms in total. The summed E-state index contributed by atoms with van der Waals surface area (Å²) >= 11 is 0. The van der Waals surface area contributed by atoms with Crippen LogP contribution in [0.1, 0.15) is 39.0 Å². The van der Waals surface area contributed by atoms with Crippen LogP contribution < -0.4 is 10.6 Å². The molecule has 1 saturated heterocycles. The molecular formula is C25H34F4N6O6S. The highest BCUT2D eigenvalue weighted by Crippen LogP contribution is 2.30. The zero-order valence-corrected chi connectivity index (χ0v) is 23.7. The summed E-state index contributed by atoms with van der Waals surface area (Å²) in [6.07, 6.45) is -0.0325. The summed E-state index contributed by atoms with van der Waals surface area (Å²) in [4.78, 5) is 22.3. The van der Waals surface area contributed by atoms with Gasteiger partial charge in [-0.1, -0.05) is 6.92 Å². The van der Waals surface area contributed by atoms with E-state index in [0.717, 1.165) is 12.8 Å². The molecular weight excluding hydrogens is 588 g/mol. The smallest absolute Gasteiger partial charge is 0.475 e. The summed E-state index contributed by atoms with van der Waals surface area (Å²) < 4.78 is 77.9. The Kier molecular flexibility index (Phi) is 11.8. The molecule has 2 aliphatic rings. The summed E-state index contributed by atoms with van der Waals surface area (Å²) in [5, 5.41) is 23.3. The van der Waals surface area contributed by atoms with Crippen molar-refractivity contribution in [2.75, 3.05) is 43.5 Å². The van der Waals surface area contributed by atoms with Crippen molar-refractivity contribution in [3.63, 3.8) is 0 Å². The number of aliphatic hydroxyl groups excluding tert-OH is 1. The van der Waals surface area contributed by atoms with Crippen LogP contribution in [-0.4, -0.2) is 101 Å². The highest BCUT2D eigenvalue weighted by atomic mass is 32.2. The van der Waals surface area contributed by atoms with Crippen LogP contribution in [0.5, 0.6) is 0 Å². The van der Waals surface area contributed by atoms with Crippen molar-refractivity contribution >= 4 is 27.8 Å². The van der Waals surface area contributed by atoms with E-state index in [1.54, 1.807) is 19.2 Å². The maximum absolute atomic E-state index is 13.7. The predicted molar refractivity (Wildman–Crippen MR) is 144 cm³/mol. The first kappa shape index (κ1) is 33.4. The second-order valence-electron chi connectivity index (χ2n) is 9.69. The number of nitrogens with one attached hydrogen (secondary N) is 2. The first-order chi connectivity index (χ1) is 19.8. The lowest BCUT2D eigenvalue weighted by Crippen LogP contribution is -2.40. The fourth-order valence-electron chi connectivity index (χ4n) is 4.15. The monoisotopic (exact) mass is 622 g/mol. The van der Waals surface area contributed by atoms with Gasteiger partial charge in [-0.25, -0.2) is 22.6 Å². The van der Waals surface area contributed by atoms with Gasteiger partial charge in [-0.2, -0.15) is 22.5 Å². The van der Waals surface area contributed by atoms with Gasteiger partial charge in [-0.3, -0.25) is 4.98 Å². The minimum absolute atomic E-state index is 0.108. The number of aliphatic hydroxyl groups is 1. The van der Waals surface area contributed by atoms with Gasteiger partial charge in [-0.15, -0.1) is 0 Å². The van der Waals surface area contributed by atoms with E-state index in [9.17, 15) is 31.1 Å². The molecule has 2 fully saturated rings. The second-order valence-corrected chi connectivity index (χ2v) is 11.6. The number of hydrogen-bond acceptors (Lipinski definition) is 10. The molecule has 1 saturated carbocycles. The number of anilines is 2. The molecule has 3 heterocycles. The van der Waals surface area contributed by atoms with Crippen molar-refractivity contribution < 1.29 is 45.7 Å². The zero-order chi connectivity index (χ0) is 30.9. The van der Waals surface area contributed by atoms with Crippen molar-refractivity contribution in [3.05, 3.63) is 24.5 Å². The number of hydrogen-bond donors (Lipinski definition) is 4. The number of sulfonamides is 1. The summed E-state index contributed by atoms with van der Waals surface area (Å²) in [6.45, 7) is 3.25. The Morgan fingerprint density at radius 2 is 1.79 bits per heavy atom. The number of aromatic nitrogens is 3. The van der Waals surface area contributed by atoms with Gasteiger partial charge in [0.25, 0.3) is 0 Å². The molecule has 4 rings (SSSR count). The van der Waals surface area contributed by atoms with Gasteiger partial charge in [0, 0.05) is 38.1 Å². The van der Waals surface area contributed by atoms with Gasteiger partial charge in [-0.05, 0) is 44.2 Å². The zero-order valence-electron chi connectivity index (χ0n) is 22.8. The van der Waals surface area contributed by atoms with Crippen LogP contribution in [0, 0.1) is 0 Å². The van der Waals surface area contributed by atoms with E-state index in [4.69, 9.17) is 14.6 Å². The number of carboxylic acids is 1. The summed E-state index contributed by atoms with van der Waals surface area (Å²) in [7, 11) is -3.65. The number of pyridine rings is 1. The number of rotatable bonds is 9. The molecule has 1 atom stereocenters. The minimum Gasteiger partial charge on any atom is -0.475 e. The third-order valence-corrected chi connectivity index (χ3v) is 8.50. The minimum atomic E-state index is -5.08. The van der Waals surface area contributed by atoms with Crippen LogP contribution in [0.2, 0.25) is 0 Å². The van der Waals surface area contributed by atoms with Gasteiger partial charge >= 0.3 is 12.1 Å². The molecule has 0 bridgehead atoms. The average molecular weight is 623 g/mol. The topological polar surface area (TPSA) is 167 Å². The molecule has 17 heteroatoms. The van der Waals surface area contributed by atoms with E-state index in [1.165, 1.54) is 16.6 Å². The summed E-state index contributed by atoms with van der Waals surface area (Å²) in [5.74, 6) is -1.92. The normalized spacial score (nSPS) is 20.6. The maximum Gasteiger partial charge on any atom is 0.490 e. The molecule has 4 N–H and O–H groups in total. The number of alkyl halides is 4. The molecule has 42 heavy (non-hydrogen) atoms. The van der Waals surface area contributed by atoms with E-state index in [-0.39, 0.29) is 23.6 Å². The highest BCUT2D eigenvalue weighted by Gasteiger charge is 2.38. The van der Waals surface area contributed by atoms with Crippen molar-refractivity contribution in [1.82, 2.24) is 19.3 Å². The fourth-order valence-corrected chi connectivity index (χ4v) is 5.51. The van der Waals surface area contributed by atoms with E-state index in [0.29, 0.717) is 68.6 Å². The van der Waals surface area contributed by atoms with Crippen LogP contribution in [0.4, 0.5) is 29.3 Å². The second kappa shape index (κ2) is 14.8. The predicted octanol–water partition coefficient (Wildman–Crippen LogP) is 3.07. The Labute approximate surface area is 240 Å². The van der Waals surface area contributed by atoms with E-state index in [1.807, 2.05) is 0 Å². The lowest BCUT2D eigenvalue weighted by Gasteiger charge is -2.27. The molecule has 0 spiro atoms. The molecule has 2 aromatic heterocycles. The molecule has 0 aromatic carbocycles. The van der Waals surface area contributed by atoms with Crippen LogP contribution in [-0.2, 0) is 19.6 Å². The first-order valence-electron chi connectivity index (χ1n) is 13.3. The number of ether oxygens (including phenoxy) is 1. The van der Waals surface area contributed by atoms with Gasteiger partial charge < -0.3 is 25.6 Å². The van der Waals surface area contributed by atoms with E-state index >= 15 is 0 Å². The standard InChI is InChI=1S/C23H33FN6O4S.C2HF3O2/c1-2-16(24)13-26-23-27-15-20(22(29-23)28-17-3-5-18(31)6-4-17)21-8-7-19(14-25-21)35(32,33)30-9-11-34-12-10-30;3-2(4,5)1(6)7/h7-8,14-18,31H,2-6,9-13H2,1H3,(H2,26,27,28,29);(H,6,7)/t16-,17?,18?;/m0./s1. The van der Waals surface area contributed by atoms with E-state index < -0.39 is 28.3 Å². The number of aliphatic carboxylic acids is 1. The van der Waals surface area contributed by atoms with Crippen LogP contribution in [0.25, 0.3) is 11.3 Å². The molecule has 0 radical (unpaired) electrons. The van der Waals surface area contributed by atoms with E-state index in [2.05, 4.69) is 25.6 Å². The Bertz CT molecular complexity index is 1270. The number of morpholine rings is 1. The van der Waals surface area contributed by atoms with Crippen LogP contribution >= 0.6 is 0 Å². The lowest BCUT2D eigenvalue weighted by molar-refractivity contribution is -0.192. The highest BCUT2D eigenvalue weighted by molar-refractivity contribution is 7.89. The molecule has 2 aromatic rings. The average Bonchev–Trinajstić information content (AvgIpc) is 2.97. The van der Waals surface area contributed by atoms with Crippen molar-refractivity contribution in [1.29, 1.82) is 0 Å². The Morgan fingerprint density at radius 1 is 1.14 bits per heavy atom. The van der Waals surface area contributed by atoms with Gasteiger partial charge in [0.2, 0.25) is 16.0 Å². The first-order valence-corrected chi connectivity index (χ1v) is 14.8. The van der Waals surface area contributed by atoms with Gasteiger partial charge in [0.05, 0.1) is 30.6 Å². The third-order valence-electron chi connectivity index (χ3n) is 6.61. The molecule has 0 amide bonds. The van der Waals surface area contributed by atoms with Crippen molar-refractivity contribution in [2.45, 2.75) is 68.4 Å². The van der Waals surface area contributed by atoms with Crippen LogP contribution in [0.3, 0.4) is 0 Å². The largest absolute Gasteiger partial charge is 0.490 e. The summed E-state index contributed by atoms with van der Waals surface area (Å²) in [5.41, 5.74) is 1.14. The van der Waals surface area contributed by atoms with Crippen molar-refractivity contribution in [2.24, 2.45) is 0 Å². The van der Waals surface area contributed by atoms with Gasteiger partial charge in [0.15, 0.2) is 0 Å². The number of nitrogens with zero attached hydrogens (tertiary/aromatic N) is 4. The SMILES string of the molecule is CC[C@H](F)CNc1ncc(-c2ccc(S(=O)(=O)N3CCOCC3)cn2)c(NC2CCC(O)CC2)n1.O=C(O)C(F)(F)F. The van der Waals surface area contributed by atoms with Crippen LogP contribution in [0.15, 0.2) is 29.4 Å². The Balaban J connectivity index is 0.000000616. The number of carbonyl (C=O) groups is 1. The lowest BCUT2D eigenvalue weighted by atomic mass is 9.93. The summed E-state index contributed by atoms with van der Waals surface area (Å²) in [6, 6.07) is 3.30. The molecule has 1 aliphatic carbocycles. The fraction of sp³-hybridized carbons (Fsp3) is 0.600. The van der Waals surface area contributed by atoms with Crippen molar-refractivity contribution in [3.8, 4) is 11.3 Å².